The van der Waals surface area contributed by atoms with Crippen molar-refractivity contribution < 1.29 is 18.9 Å². The number of rotatable bonds is 3. The molecule has 10 nitrogen and oxygen atoms in total. The molecule has 0 unspecified atom stereocenters. The van der Waals surface area contributed by atoms with E-state index in [1.807, 2.05) is 149 Å². The fourth-order valence-electron chi connectivity index (χ4n) is 9.56. The maximum atomic E-state index is 13.0. The van der Waals surface area contributed by atoms with E-state index < -0.39 is 0 Å². The van der Waals surface area contributed by atoms with Crippen LogP contribution < -0.4 is 18.9 Å². The minimum absolute atomic E-state index is 0.409. The molecule has 12 rings (SSSR count). The number of nitrogens with zero attached hydrogens (tertiary/aromatic N) is 6. The van der Waals surface area contributed by atoms with Gasteiger partial charge in [0.05, 0.1) is 22.4 Å². The number of aromatic nitrogens is 6. The number of para-hydroxylation sites is 6. The maximum Gasteiger partial charge on any atom is 0.293 e. The van der Waals surface area contributed by atoms with Crippen LogP contribution in [0.4, 0.5) is 0 Å². The van der Waals surface area contributed by atoms with Gasteiger partial charge in [0.15, 0.2) is 0 Å². The molecule has 0 aliphatic rings. The van der Waals surface area contributed by atoms with E-state index in [1.165, 1.54) is 10.8 Å². The van der Waals surface area contributed by atoms with E-state index in [4.69, 9.17) is 9.97 Å². The van der Waals surface area contributed by atoms with Crippen LogP contribution in [-0.2, 0) is 0 Å². The molecule has 0 bridgehead atoms. The highest BCUT2D eigenvalue weighted by atomic mass is 16.5. The zero-order chi connectivity index (χ0) is 48.8. The van der Waals surface area contributed by atoms with E-state index in [1.54, 1.807) is 24.3 Å². The summed E-state index contributed by atoms with van der Waals surface area (Å²) in [5, 5.41) is 57.6. The minimum Gasteiger partial charge on any atom is -0.618 e. The van der Waals surface area contributed by atoms with Crippen molar-refractivity contribution in [2.45, 2.75) is 41.5 Å². The molecule has 0 fully saturated rings. The van der Waals surface area contributed by atoms with Gasteiger partial charge in [0.25, 0.3) is 22.8 Å². The van der Waals surface area contributed by atoms with Crippen LogP contribution in [0.3, 0.4) is 0 Å². The average molecular weight is 917 g/mol. The topological polar surface area (TPSA) is 134 Å². The van der Waals surface area contributed by atoms with Gasteiger partial charge in [-0.2, -0.15) is 18.9 Å². The van der Waals surface area contributed by atoms with Gasteiger partial charge in [-0.3, -0.25) is 0 Å². The Morgan fingerprint density at radius 1 is 0.271 bits per heavy atom. The van der Waals surface area contributed by atoms with E-state index in [9.17, 15) is 20.8 Å². The fraction of sp³-hybridized carbons (Fsp3) is 0.100. The molecule has 6 aromatic carbocycles. The summed E-state index contributed by atoms with van der Waals surface area (Å²) in [5.41, 5.74) is 13.3. The van der Waals surface area contributed by atoms with Gasteiger partial charge in [-0.25, -0.2) is 9.97 Å². The Morgan fingerprint density at radius 3 is 0.757 bits per heavy atom. The van der Waals surface area contributed by atoms with Crippen molar-refractivity contribution in [1.29, 1.82) is 0 Å². The Morgan fingerprint density at radius 2 is 0.486 bits per heavy atom. The second kappa shape index (κ2) is 18.2. The van der Waals surface area contributed by atoms with E-state index in [-0.39, 0.29) is 0 Å². The van der Waals surface area contributed by atoms with Crippen molar-refractivity contribution in [3.05, 3.63) is 236 Å². The summed E-state index contributed by atoms with van der Waals surface area (Å²) in [4.78, 5) is 9.70. The molecule has 12 aromatic rings. The first kappa shape index (κ1) is 44.8. The summed E-state index contributed by atoms with van der Waals surface area (Å²) < 4.78 is 3.48. The van der Waals surface area contributed by atoms with Gasteiger partial charge in [0.2, 0.25) is 22.1 Å². The van der Waals surface area contributed by atoms with Crippen molar-refractivity contribution in [2.24, 2.45) is 0 Å². The maximum absolute atomic E-state index is 13.0. The summed E-state index contributed by atoms with van der Waals surface area (Å²) in [6.07, 6.45) is 0. The standard InChI is InChI=1S/2C20H16N2O2.C20H16N2/c2*1-13-11-15-7-3-5-9-17(15)21(23)19(13)20-14(2)12-16-8-4-6-10-18(16)22(20)24;1-13-11-15-7-3-5-9-17(15)21-19(13)20-14(2)12-16-8-4-6-10-18(16)22-20/h2*3-12H,1-2H3;3-12H,1-2H3. The van der Waals surface area contributed by atoms with Crippen LogP contribution in [0, 0.1) is 62.4 Å². The van der Waals surface area contributed by atoms with Crippen LogP contribution in [0.15, 0.2) is 182 Å². The third-order valence-electron chi connectivity index (χ3n) is 12.9. The molecule has 0 atom stereocenters. The summed E-state index contributed by atoms with van der Waals surface area (Å²) in [5.74, 6) is 0. The predicted molar refractivity (Wildman–Crippen MR) is 281 cm³/mol. The van der Waals surface area contributed by atoms with E-state index in [0.29, 0.717) is 44.8 Å². The van der Waals surface area contributed by atoms with Crippen LogP contribution in [-0.4, -0.2) is 9.97 Å². The first-order valence-electron chi connectivity index (χ1n) is 23.1. The van der Waals surface area contributed by atoms with Crippen molar-refractivity contribution in [2.75, 3.05) is 0 Å². The number of pyridine rings is 6. The van der Waals surface area contributed by atoms with Gasteiger partial charge >= 0.3 is 0 Å². The monoisotopic (exact) mass is 916 g/mol. The summed E-state index contributed by atoms with van der Waals surface area (Å²) in [7, 11) is 0. The molecule has 6 heterocycles. The molecule has 0 spiro atoms. The molecule has 0 radical (unpaired) electrons. The largest absolute Gasteiger partial charge is 0.618 e. The van der Waals surface area contributed by atoms with Gasteiger partial charge in [-0.1, -0.05) is 84.9 Å². The molecule has 6 aromatic heterocycles. The van der Waals surface area contributed by atoms with Crippen LogP contribution >= 0.6 is 0 Å². The van der Waals surface area contributed by atoms with Crippen LogP contribution in [0.2, 0.25) is 0 Å². The molecular formula is C60H48N6O4. The van der Waals surface area contributed by atoms with Crippen LogP contribution in [0.1, 0.15) is 33.4 Å². The number of aryl methyl sites for hydroxylation is 6. The SMILES string of the molecule is Cc1cc2ccccc2[n+]([O-])c1-c1c(C)cc2ccccc2[n+]1[O-].Cc1cc2ccccc2[n+]([O-])c1-c1c(C)cc2ccccc2[n+]1[O-].Cc1cc2ccccc2nc1-c1nc2ccccc2cc1C. The molecule has 10 heteroatoms. The fourth-order valence-corrected chi connectivity index (χ4v) is 9.56. The molecule has 0 amide bonds. The first-order valence-corrected chi connectivity index (χ1v) is 23.1. The normalized spacial score (nSPS) is 11.2. The van der Waals surface area contributed by atoms with E-state index in [0.717, 1.165) is 96.3 Å². The second-order valence-electron chi connectivity index (χ2n) is 17.8. The quantitative estimate of drug-likeness (QED) is 0.128. The molecular weight excluding hydrogens is 869 g/mol. The lowest BCUT2D eigenvalue weighted by Crippen LogP contribution is -2.39. The zero-order valence-corrected chi connectivity index (χ0v) is 39.6. The van der Waals surface area contributed by atoms with Crippen molar-refractivity contribution >= 4 is 65.4 Å². The number of hydrogen-bond acceptors (Lipinski definition) is 6. The Kier molecular flexibility index (Phi) is 11.7. The lowest BCUT2D eigenvalue weighted by atomic mass is 10.0. The lowest BCUT2D eigenvalue weighted by molar-refractivity contribution is -0.598. The molecule has 0 N–H and O–H groups in total. The Bertz CT molecular complexity index is 3600. The number of benzene rings is 6. The van der Waals surface area contributed by atoms with Crippen LogP contribution in [0.5, 0.6) is 0 Å². The van der Waals surface area contributed by atoms with Crippen molar-refractivity contribution in [3.63, 3.8) is 0 Å². The average Bonchev–Trinajstić information content (AvgIpc) is 3.36. The minimum atomic E-state index is 0.409. The van der Waals surface area contributed by atoms with E-state index >= 15 is 0 Å². The Labute approximate surface area is 404 Å². The molecule has 70 heavy (non-hydrogen) atoms. The summed E-state index contributed by atoms with van der Waals surface area (Å²) in [6, 6.07) is 58.2. The smallest absolute Gasteiger partial charge is 0.293 e. The molecule has 0 saturated carbocycles. The third kappa shape index (κ3) is 8.05. The number of hydrogen-bond donors (Lipinski definition) is 0. The Hall–Kier alpha value is -9.02. The number of fused-ring (bicyclic) bond motifs is 6. The van der Waals surface area contributed by atoms with E-state index in [2.05, 4.69) is 50.2 Å². The highest BCUT2D eigenvalue weighted by molar-refractivity contribution is 5.87. The second-order valence-corrected chi connectivity index (χ2v) is 17.8. The molecule has 0 aliphatic heterocycles. The third-order valence-corrected chi connectivity index (χ3v) is 12.9. The zero-order valence-electron chi connectivity index (χ0n) is 39.6. The predicted octanol–water partition coefficient (Wildman–Crippen LogP) is 12.2. The van der Waals surface area contributed by atoms with Gasteiger partial charge in [0, 0.05) is 78.8 Å². The van der Waals surface area contributed by atoms with Gasteiger partial charge in [-0.15, -0.1) is 0 Å². The van der Waals surface area contributed by atoms with Crippen molar-refractivity contribution in [1.82, 2.24) is 9.97 Å². The van der Waals surface area contributed by atoms with Gasteiger partial charge in [-0.05, 0) is 125 Å². The first-order chi connectivity index (χ1) is 33.9. The summed E-state index contributed by atoms with van der Waals surface area (Å²) >= 11 is 0. The van der Waals surface area contributed by atoms with Gasteiger partial charge in [0.1, 0.15) is 0 Å². The van der Waals surface area contributed by atoms with Crippen molar-refractivity contribution in [3.8, 4) is 34.2 Å². The molecule has 0 aliphatic carbocycles. The molecule has 342 valence electrons. The molecule has 0 saturated heterocycles. The Balaban J connectivity index is 0.000000122. The lowest BCUT2D eigenvalue weighted by Gasteiger charge is -2.13. The van der Waals surface area contributed by atoms with Crippen LogP contribution in [0.25, 0.3) is 99.6 Å². The summed E-state index contributed by atoms with van der Waals surface area (Å²) in [6.45, 7) is 11.7. The highest BCUT2D eigenvalue weighted by Gasteiger charge is 2.29. The highest BCUT2D eigenvalue weighted by Crippen LogP contribution is 2.30. The van der Waals surface area contributed by atoms with Gasteiger partial charge < -0.3 is 20.8 Å².